The first kappa shape index (κ1) is 22.5. The van der Waals surface area contributed by atoms with Gasteiger partial charge in [0.15, 0.2) is 9.84 Å². The van der Waals surface area contributed by atoms with Gasteiger partial charge in [0.05, 0.1) is 16.4 Å². The Bertz CT molecular complexity index is 948. The minimum absolute atomic E-state index is 0.0313. The summed E-state index contributed by atoms with van der Waals surface area (Å²) in [6, 6.07) is 10.7. The van der Waals surface area contributed by atoms with Crippen molar-refractivity contribution < 1.29 is 13.2 Å². The predicted octanol–water partition coefficient (Wildman–Crippen LogP) is 4.59. The molecule has 0 spiro atoms. The molecular weight excluding hydrogens is 396 g/mol. The van der Waals surface area contributed by atoms with E-state index in [1.54, 1.807) is 18.3 Å². The summed E-state index contributed by atoms with van der Waals surface area (Å²) >= 11 is 0. The third-order valence-corrected chi connectivity index (χ3v) is 7.20. The third-order valence-electron chi connectivity index (χ3n) is 6.08. The highest BCUT2D eigenvalue weighted by molar-refractivity contribution is 7.90. The molecule has 1 heterocycles. The molecule has 0 aliphatic heterocycles. The van der Waals surface area contributed by atoms with Gasteiger partial charge in [-0.25, -0.2) is 8.42 Å². The van der Waals surface area contributed by atoms with E-state index in [1.165, 1.54) is 6.26 Å². The van der Waals surface area contributed by atoms with E-state index in [1.807, 2.05) is 30.5 Å². The molecule has 1 atom stereocenters. The van der Waals surface area contributed by atoms with Gasteiger partial charge in [0, 0.05) is 18.6 Å². The third kappa shape index (κ3) is 5.09. The summed E-state index contributed by atoms with van der Waals surface area (Å²) in [6.45, 7) is 4.30. The van der Waals surface area contributed by atoms with Crippen LogP contribution >= 0.6 is 0 Å². The van der Waals surface area contributed by atoms with E-state index in [2.05, 4.69) is 24.1 Å². The average molecular weight is 429 g/mol. The van der Waals surface area contributed by atoms with E-state index in [4.69, 9.17) is 0 Å². The van der Waals surface area contributed by atoms with Gasteiger partial charge in [-0.2, -0.15) is 0 Å². The molecule has 1 amide bonds. The number of sulfone groups is 1. The number of carbonyl (C=O) groups is 1. The second-order valence-corrected chi connectivity index (χ2v) is 10.9. The number of hydrogen-bond acceptors (Lipinski definition) is 4. The summed E-state index contributed by atoms with van der Waals surface area (Å²) in [5, 5.41) is 3.32. The van der Waals surface area contributed by atoms with Gasteiger partial charge in [-0.3, -0.25) is 9.78 Å². The van der Waals surface area contributed by atoms with Crippen LogP contribution in [-0.2, 0) is 20.0 Å². The number of aromatic nitrogens is 1. The number of hydrogen-bond donors (Lipinski definition) is 1. The Hall–Kier alpha value is -2.21. The van der Waals surface area contributed by atoms with E-state index < -0.39 is 15.3 Å². The molecule has 0 radical (unpaired) electrons. The molecule has 0 unspecified atom stereocenters. The summed E-state index contributed by atoms with van der Waals surface area (Å²) in [6.07, 6.45) is 10.2. The summed E-state index contributed by atoms with van der Waals surface area (Å²) in [4.78, 5) is 18.2. The van der Waals surface area contributed by atoms with Crippen LogP contribution in [0.25, 0.3) is 0 Å². The molecule has 1 saturated carbocycles. The van der Waals surface area contributed by atoms with Gasteiger partial charge >= 0.3 is 0 Å². The molecule has 2 aromatic rings. The number of benzene rings is 1. The molecule has 3 rings (SSSR count). The maximum atomic E-state index is 13.7. The minimum atomic E-state index is -3.27. The van der Waals surface area contributed by atoms with Crippen molar-refractivity contribution in [3.63, 3.8) is 0 Å². The van der Waals surface area contributed by atoms with Gasteiger partial charge < -0.3 is 5.32 Å². The highest BCUT2D eigenvalue weighted by atomic mass is 32.2. The Morgan fingerprint density at radius 2 is 1.77 bits per heavy atom. The van der Waals surface area contributed by atoms with Gasteiger partial charge in [0.25, 0.3) is 0 Å². The maximum absolute atomic E-state index is 13.7. The molecule has 0 saturated heterocycles. The summed E-state index contributed by atoms with van der Waals surface area (Å²) in [5.74, 6) is 0.454. The van der Waals surface area contributed by atoms with Crippen LogP contribution in [0.3, 0.4) is 0 Å². The standard InChI is InChI=1S/C24H32N2O3S/c1-18(2)16-22(19-8-7-15-25-17-19)26-23(27)24(13-5-4-6-14-24)20-9-11-21(12-10-20)30(3,28)29/h7-12,15,17-18,22H,4-6,13-14,16H2,1-3H3,(H,26,27)/t22-/m0/s1. The molecule has 5 nitrogen and oxygen atoms in total. The lowest BCUT2D eigenvalue weighted by Gasteiger charge is -2.38. The lowest BCUT2D eigenvalue weighted by molar-refractivity contribution is -0.129. The fraction of sp³-hybridized carbons (Fsp3) is 0.500. The zero-order valence-electron chi connectivity index (χ0n) is 18.1. The van der Waals surface area contributed by atoms with Crippen LogP contribution in [0, 0.1) is 5.92 Å². The maximum Gasteiger partial charge on any atom is 0.231 e. The molecule has 1 aliphatic rings. The first-order chi connectivity index (χ1) is 14.2. The van der Waals surface area contributed by atoms with Gasteiger partial charge in [-0.05, 0) is 54.5 Å². The van der Waals surface area contributed by atoms with Crippen molar-refractivity contribution in [3.8, 4) is 0 Å². The van der Waals surface area contributed by atoms with Gasteiger partial charge in [-0.1, -0.05) is 51.3 Å². The Kier molecular flexibility index (Phi) is 6.96. The van der Waals surface area contributed by atoms with E-state index in [0.29, 0.717) is 5.92 Å². The van der Waals surface area contributed by atoms with Crippen LogP contribution < -0.4 is 5.32 Å². The Morgan fingerprint density at radius 1 is 1.10 bits per heavy atom. The average Bonchev–Trinajstić information content (AvgIpc) is 2.73. The molecule has 0 bridgehead atoms. The normalized spacial score (nSPS) is 17.5. The number of nitrogens with one attached hydrogen (secondary N) is 1. The number of pyridine rings is 1. The largest absolute Gasteiger partial charge is 0.348 e. The first-order valence-corrected chi connectivity index (χ1v) is 12.6. The predicted molar refractivity (Wildman–Crippen MR) is 119 cm³/mol. The molecular formula is C24H32N2O3S. The highest BCUT2D eigenvalue weighted by Gasteiger charge is 2.42. The van der Waals surface area contributed by atoms with E-state index >= 15 is 0 Å². The molecule has 6 heteroatoms. The number of nitrogens with zero attached hydrogens (tertiary/aromatic N) is 1. The highest BCUT2D eigenvalue weighted by Crippen LogP contribution is 2.41. The van der Waals surface area contributed by atoms with Crippen molar-refractivity contribution in [2.75, 3.05) is 6.26 Å². The minimum Gasteiger partial charge on any atom is -0.348 e. The van der Waals surface area contributed by atoms with Crippen molar-refractivity contribution >= 4 is 15.7 Å². The lowest BCUT2D eigenvalue weighted by atomic mass is 9.68. The summed E-state index contributed by atoms with van der Waals surface area (Å²) in [7, 11) is -3.27. The van der Waals surface area contributed by atoms with Gasteiger partial charge in [0.1, 0.15) is 0 Å². The molecule has 1 aliphatic carbocycles. The Morgan fingerprint density at radius 3 is 2.30 bits per heavy atom. The SMILES string of the molecule is CC(C)C[C@H](NC(=O)C1(c2ccc(S(C)(=O)=O)cc2)CCCCC1)c1cccnc1. The monoisotopic (exact) mass is 428 g/mol. The van der Waals surface area contributed by atoms with E-state index in [0.717, 1.165) is 49.7 Å². The zero-order valence-corrected chi connectivity index (χ0v) is 18.9. The number of carbonyl (C=O) groups excluding carboxylic acids is 1. The van der Waals surface area contributed by atoms with Crippen molar-refractivity contribution in [1.82, 2.24) is 10.3 Å². The van der Waals surface area contributed by atoms with Crippen molar-refractivity contribution in [1.29, 1.82) is 0 Å². The first-order valence-electron chi connectivity index (χ1n) is 10.7. The van der Waals surface area contributed by atoms with Crippen molar-refractivity contribution in [2.45, 2.75) is 68.7 Å². The van der Waals surface area contributed by atoms with Crippen molar-refractivity contribution in [3.05, 3.63) is 59.9 Å². The molecule has 162 valence electrons. The molecule has 1 aromatic carbocycles. The lowest BCUT2D eigenvalue weighted by Crippen LogP contribution is -2.47. The smallest absolute Gasteiger partial charge is 0.231 e. The quantitative estimate of drug-likeness (QED) is 0.700. The Labute approximate surface area is 180 Å². The summed E-state index contributed by atoms with van der Waals surface area (Å²) in [5.41, 5.74) is 1.30. The summed E-state index contributed by atoms with van der Waals surface area (Å²) < 4.78 is 23.7. The van der Waals surface area contributed by atoms with E-state index in [-0.39, 0.29) is 16.8 Å². The van der Waals surface area contributed by atoms with Crippen molar-refractivity contribution in [2.24, 2.45) is 5.92 Å². The molecule has 30 heavy (non-hydrogen) atoms. The van der Waals surface area contributed by atoms with Crippen LogP contribution in [-0.4, -0.2) is 25.6 Å². The molecule has 1 fully saturated rings. The number of rotatable bonds is 7. The van der Waals surface area contributed by atoms with E-state index in [9.17, 15) is 13.2 Å². The van der Waals surface area contributed by atoms with Crippen LogP contribution in [0.15, 0.2) is 53.7 Å². The fourth-order valence-corrected chi connectivity index (χ4v) is 5.08. The fourth-order valence-electron chi connectivity index (χ4n) is 4.45. The number of amides is 1. The van der Waals surface area contributed by atoms with Gasteiger partial charge in [0.2, 0.25) is 5.91 Å². The van der Waals surface area contributed by atoms with Crippen LogP contribution in [0.4, 0.5) is 0 Å². The topological polar surface area (TPSA) is 76.1 Å². The Balaban J connectivity index is 1.93. The second kappa shape index (κ2) is 9.29. The molecule has 1 N–H and O–H groups in total. The van der Waals surface area contributed by atoms with Crippen LogP contribution in [0.5, 0.6) is 0 Å². The van der Waals surface area contributed by atoms with Crippen LogP contribution in [0.2, 0.25) is 0 Å². The second-order valence-electron chi connectivity index (χ2n) is 8.88. The molecule has 1 aromatic heterocycles. The zero-order chi connectivity index (χ0) is 21.8. The van der Waals surface area contributed by atoms with Gasteiger partial charge in [-0.15, -0.1) is 0 Å². The van der Waals surface area contributed by atoms with Crippen LogP contribution in [0.1, 0.15) is 69.5 Å².